The Labute approximate surface area is 338 Å². The van der Waals surface area contributed by atoms with Crippen LogP contribution in [0, 0.1) is 0 Å². The molecule has 58 heavy (non-hydrogen) atoms. The Bertz CT molecular complexity index is 3450. The first-order valence-electron chi connectivity index (χ1n) is 19.6. The molecule has 3 heterocycles. The summed E-state index contributed by atoms with van der Waals surface area (Å²) in [6.45, 7) is 0. The number of fused-ring (bicyclic) bond motifs is 10. The van der Waals surface area contributed by atoms with Crippen molar-refractivity contribution in [2.75, 3.05) is 4.90 Å². The smallest absolute Gasteiger partial charge is 0.143 e. The molecule has 0 fully saturated rings. The zero-order chi connectivity index (χ0) is 38.2. The largest absolute Gasteiger partial charge is 0.456 e. The van der Waals surface area contributed by atoms with Crippen LogP contribution < -0.4 is 4.90 Å². The number of furan rings is 2. The van der Waals surface area contributed by atoms with Gasteiger partial charge in [0.1, 0.15) is 22.3 Å². The molecule has 0 N–H and O–H groups in total. The van der Waals surface area contributed by atoms with Crippen LogP contribution in [-0.2, 0) is 0 Å². The van der Waals surface area contributed by atoms with Gasteiger partial charge in [-0.25, -0.2) is 0 Å². The van der Waals surface area contributed by atoms with Crippen LogP contribution in [0.5, 0.6) is 0 Å². The van der Waals surface area contributed by atoms with E-state index in [1.165, 1.54) is 25.7 Å². The first-order chi connectivity index (χ1) is 28.8. The molecule has 3 aromatic heterocycles. The lowest BCUT2D eigenvalue weighted by Crippen LogP contribution is -2.09. The van der Waals surface area contributed by atoms with Crippen LogP contribution in [0.2, 0.25) is 0 Å². The average molecular weight is 760 g/mol. The number of anilines is 3. The molecule has 3 nitrogen and oxygen atoms in total. The van der Waals surface area contributed by atoms with E-state index in [9.17, 15) is 0 Å². The summed E-state index contributed by atoms with van der Waals surface area (Å²) in [4.78, 5) is 2.29. The molecule has 0 radical (unpaired) electrons. The van der Waals surface area contributed by atoms with E-state index >= 15 is 0 Å². The van der Waals surface area contributed by atoms with Crippen molar-refractivity contribution in [3.05, 3.63) is 200 Å². The normalized spacial score (nSPS) is 11.8. The molecule has 0 bridgehead atoms. The molecule has 0 amide bonds. The summed E-state index contributed by atoms with van der Waals surface area (Å²) in [5, 5.41) is 6.94. The second kappa shape index (κ2) is 13.1. The minimum absolute atomic E-state index is 0.850. The molecule has 272 valence electrons. The van der Waals surface area contributed by atoms with E-state index in [4.69, 9.17) is 8.83 Å². The second-order valence-corrected chi connectivity index (χ2v) is 15.8. The topological polar surface area (TPSA) is 29.5 Å². The fraction of sp³-hybridized carbons (Fsp3) is 0. The third-order valence-electron chi connectivity index (χ3n) is 11.5. The summed E-state index contributed by atoms with van der Waals surface area (Å²) in [5.74, 6) is 0. The Balaban J connectivity index is 1.01. The molecular weight excluding hydrogens is 727 g/mol. The Morgan fingerprint density at radius 3 is 1.64 bits per heavy atom. The minimum Gasteiger partial charge on any atom is -0.456 e. The minimum atomic E-state index is 0.850. The fourth-order valence-electron chi connectivity index (χ4n) is 8.84. The van der Waals surface area contributed by atoms with Gasteiger partial charge in [-0.15, -0.1) is 11.3 Å². The van der Waals surface area contributed by atoms with Gasteiger partial charge in [0.25, 0.3) is 0 Å². The summed E-state index contributed by atoms with van der Waals surface area (Å²) in [6, 6.07) is 71.1. The molecule has 0 atom stereocenters. The van der Waals surface area contributed by atoms with Gasteiger partial charge < -0.3 is 13.7 Å². The van der Waals surface area contributed by atoms with Crippen LogP contribution in [0.15, 0.2) is 209 Å². The first-order valence-corrected chi connectivity index (χ1v) is 20.4. The molecule has 0 aliphatic rings. The van der Waals surface area contributed by atoms with Crippen LogP contribution in [0.25, 0.3) is 97.4 Å². The number of thiophene rings is 1. The van der Waals surface area contributed by atoms with Crippen LogP contribution in [0.3, 0.4) is 0 Å². The fourth-order valence-corrected chi connectivity index (χ4v) is 10.1. The highest BCUT2D eigenvalue weighted by Gasteiger charge is 2.23. The van der Waals surface area contributed by atoms with E-state index in [0.717, 1.165) is 88.8 Å². The molecular formula is C54H33NO2S. The molecule has 0 saturated carbocycles. The lowest BCUT2D eigenvalue weighted by Gasteiger charge is -2.25. The van der Waals surface area contributed by atoms with Gasteiger partial charge in [-0.2, -0.15) is 0 Å². The van der Waals surface area contributed by atoms with Gasteiger partial charge in [-0.3, -0.25) is 0 Å². The van der Waals surface area contributed by atoms with Crippen molar-refractivity contribution in [3.63, 3.8) is 0 Å². The quantitative estimate of drug-likeness (QED) is 0.169. The molecule has 12 rings (SSSR count). The Hall–Kier alpha value is -7.40. The van der Waals surface area contributed by atoms with E-state index in [-0.39, 0.29) is 0 Å². The summed E-state index contributed by atoms with van der Waals surface area (Å²) in [7, 11) is 0. The van der Waals surface area contributed by atoms with Gasteiger partial charge in [0.2, 0.25) is 0 Å². The van der Waals surface area contributed by atoms with Crippen molar-refractivity contribution < 1.29 is 8.83 Å². The molecule has 0 saturated heterocycles. The maximum absolute atomic E-state index is 6.98. The van der Waals surface area contributed by atoms with Gasteiger partial charge in [-0.05, 0) is 89.0 Å². The van der Waals surface area contributed by atoms with Gasteiger partial charge in [0.05, 0.1) is 0 Å². The van der Waals surface area contributed by atoms with Gasteiger partial charge in [0.15, 0.2) is 0 Å². The Morgan fingerprint density at radius 1 is 0.328 bits per heavy atom. The SMILES string of the molecule is c1ccc(N(c2ccccc2)c2ccc(-c3ccc(-c4ccc(-c5cccc6c5sc5ccccc56)c5c4oc4ccc6oc7ccccc7c6c45)cc3)cc2)cc1. The van der Waals surface area contributed by atoms with Crippen molar-refractivity contribution in [2.45, 2.75) is 0 Å². The van der Waals surface area contributed by atoms with Crippen LogP contribution in [0.4, 0.5) is 17.1 Å². The molecule has 0 aliphatic heterocycles. The summed E-state index contributed by atoms with van der Waals surface area (Å²) < 4.78 is 16.0. The molecule has 0 unspecified atom stereocenters. The van der Waals surface area contributed by atoms with Crippen molar-refractivity contribution in [1.29, 1.82) is 0 Å². The summed E-state index contributed by atoms with van der Waals surface area (Å²) in [5.41, 5.74) is 13.6. The number of para-hydroxylation sites is 3. The predicted octanol–water partition coefficient (Wildman–Crippen LogP) is 16.3. The van der Waals surface area contributed by atoms with Crippen molar-refractivity contribution in [1.82, 2.24) is 0 Å². The standard InChI is InChI=1S/C54H33NO2S/c1-3-12-37(13-4-1)55(38-14-5-2-6-15-38)39-28-26-35(27-29-39)34-22-24-36(25-23-34)40-30-31-42(44-19-11-18-43-41-16-8-10-21-49(41)58-54(43)44)51-52-48(57-53(40)51)33-32-47-50(52)45-17-7-9-20-46(45)56-47/h1-33H. The van der Waals surface area contributed by atoms with Gasteiger partial charge >= 0.3 is 0 Å². The van der Waals surface area contributed by atoms with E-state index in [2.05, 4.69) is 187 Å². The van der Waals surface area contributed by atoms with Crippen LogP contribution in [0.1, 0.15) is 0 Å². The lowest BCUT2D eigenvalue weighted by molar-refractivity contribution is 0.663. The molecule has 0 spiro atoms. The highest BCUT2D eigenvalue weighted by atomic mass is 32.1. The third kappa shape index (κ3) is 5.12. The number of benzene rings is 9. The number of hydrogen-bond acceptors (Lipinski definition) is 4. The summed E-state index contributed by atoms with van der Waals surface area (Å²) >= 11 is 1.86. The van der Waals surface area contributed by atoms with E-state index < -0.39 is 0 Å². The van der Waals surface area contributed by atoms with Crippen LogP contribution >= 0.6 is 11.3 Å². The maximum atomic E-state index is 6.98. The highest BCUT2D eigenvalue weighted by molar-refractivity contribution is 7.26. The Kier molecular flexibility index (Phi) is 7.40. The molecule has 12 aromatic rings. The van der Waals surface area contributed by atoms with Gasteiger partial charge in [-0.1, -0.05) is 133 Å². The van der Waals surface area contributed by atoms with E-state index in [1.807, 2.05) is 29.5 Å². The zero-order valence-electron chi connectivity index (χ0n) is 31.2. The van der Waals surface area contributed by atoms with Crippen LogP contribution in [-0.4, -0.2) is 0 Å². The molecule has 0 aliphatic carbocycles. The number of rotatable bonds is 6. The first kappa shape index (κ1) is 32.8. The predicted molar refractivity (Wildman–Crippen MR) is 245 cm³/mol. The molecule has 9 aromatic carbocycles. The van der Waals surface area contributed by atoms with Crippen molar-refractivity contribution >= 4 is 92.4 Å². The molecule has 4 heteroatoms. The zero-order valence-corrected chi connectivity index (χ0v) is 32.0. The number of hydrogen-bond donors (Lipinski definition) is 0. The maximum Gasteiger partial charge on any atom is 0.143 e. The van der Waals surface area contributed by atoms with Gasteiger partial charge in [0, 0.05) is 69.9 Å². The monoisotopic (exact) mass is 759 g/mol. The van der Waals surface area contributed by atoms with E-state index in [1.54, 1.807) is 0 Å². The lowest BCUT2D eigenvalue weighted by atomic mass is 9.92. The Morgan fingerprint density at radius 2 is 0.897 bits per heavy atom. The van der Waals surface area contributed by atoms with Crippen molar-refractivity contribution in [2.24, 2.45) is 0 Å². The summed E-state index contributed by atoms with van der Waals surface area (Å²) in [6.07, 6.45) is 0. The number of nitrogens with zero attached hydrogens (tertiary/aromatic N) is 1. The second-order valence-electron chi connectivity index (χ2n) is 14.8. The third-order valence-corrected chi connectivity index (χ3v) is 12.7. The van der Waals surface area contributed by atoms with Crippen molar-refractivity contribution in [3.8, 4) is 33.4 Å². The van der Waals surface area contributed by atoms with E-state index in [0.29, 0.717) is 0 Å². The average Bonchev–Trinajstić information content (AvgIpc) is 3.99. The highest BCUT2D eigenvalue weighted by Crippen LogP contribution is 2.49.